The molecule has 6 rings (SSSR count). The molecule has 3 aliphatic rings. The molecule has 0 fully saturated rings. The van der Waals surface area contributed by atoms with Crippen molar-refractivity contribution in [2.75, 3.05) is 24.0 Å². The Morgan fingerprint density at radius 2 is 1.45 bits per heavy atom. The van der Waals surface area contributed by atoms with Crippen molar-refractivity contribution in [2.45, 2.75) is 45.7 Å². The van der Waals surface area contributed by atoms with E-state index in [4.69, 9.17) is 9.47 Å². The van der Waals surface area contributed by atoms with Crippen LogP contribution in [-0.2, 0) is 40.7 Å². The van der Waals surface area contributed by atoms with Crippen molar-refractivity contribution < 1.29 is 28.7 Å². The standard InChI is InChI=1S/C36H34N2O6/c1-22-15-17-24(18-16-22)38-27-19-35(2,3)20-28(39)29(27)30(32(40)43-4)31(33(41)44-5)36(38)25-13-9-10-14-26(25)37(34(36)42)21-23-11-7-6-8-12-23/h6-18H,19-21H2,1-5H3. The van der Waals surface area contributed by atoms with Gasteiger partial charge in [0, 0.05) is 23.4 Å². The molecule has 2 aliphatic heterocycles. The summed E-state index contributed by atoms with van der Waals surface area (Å²) in [6.07, 6.45) is 0.521. The summed E-state index contributed by atoms with van der Waals surface area (Å²) in [5, 5.41) is 0. The molecule has 0 bridgehead atoms. The van der Waals surface area contributed by atoms with Crippen LogP contribution in [0.4, 0.5) is 11.4 Å². The molecule has 0 N–H and O–H groups in total. The van der Waals surface area contributed by atoms with Gasteiger partial charge in [-0.3, -0.25) is 9.59 Å². The van der Waals surface area contributed by atoms with Crippen molar-refractivity contribution in [1.29, 1.82) is 0 Å². The summed E-state index contributed by atoms with van der Waals surface area (Å²) in [5.74, 6) is -2.51. The molecule has 0 saturated heterocycles. The lowest BCUT2D eigenvalue weighted by molar-refractivity contribution is -0.141. The fourth-order valence-electron chi connectivity index (χ4n) is 6.90. The summed E-state index contributed by atoms with van der Waals surface area (Å²) in [6.45, 7) is 6.15. The van der Waals surface area contributed by atoms with E-state index in [0.717, 1.165) is 11.1 Å². The van der Waals surface area contributed by atoms with Crippen molar-refractivity contribution >= 4 is 35.0 Å². The van der Waals surface area contributed by atoms with Gasteiger partial charge in [0.15, 0.2) is 11.3 Å². The molecule has 8 nitrogen and oxygen atoms in total. The van der Waals surface area contributed by atoms with Gasteiger partial charge < -0.3 is 19.3 Å². The van der Waals surface area contributed by atoms with Crippen LogP contribution in [0.1, 0.15) is 43.4 Å². The first-order valence-corrected chi connectivity index (χ1v) is 14.6. The van der Waals surface area contributed by atoms with Gasteiger partial charge >= 0.3 is 11.9 Å². The number of methoxy groups -OCH3 is 2. The Kier molecular flexibility index (Phi) is 7.03. The zero-order valence-electron chi connectivity index (χ0n) is 25.5. The Hall–Kier alpha value is -4.98. The molecule has 8 heteroatoms. The van der Waals surface area contributed by atoms with Gasteiger partial charge in [0.2, 0.25) is 0 Å². The highest BCUT2D eigenvalue weighted by Gasteiger charge is 2.65. The number of benzene rings is 3. The minimum Gasteiger partial charge on any atom is -0.466 e. The third-order valence-corrected chi connectivity index (χ3v) is 8.71. The van der Waals surface area contributed by atoms with Crippen molar-refractivity contribution in [3.8, 4) is 0 Å². The number of fused-ring (bicyclic) bond motifs is 2. The van der Waals surface area contributed by atoms with Crippen LogP contribution in [-0.4, -0.2) is 37.8 Å². The predicted octanol–water partition coefficient (Wildman–Crippen LogP) is 5.54. The zero-order valence-corrected chi connectivity index (χ0v) is 25.5. The van der Waals surface area contributed by atoms with Crippen molar-refractivity contribution in [1.82, 2.24) is 0 Å². The summed E-state index contributed by atoms with van der Waals surface area (Å²) in [4.78, 5) is 60.7. The highest BCUT2D eigenvalue weighted by Crippen LogP contribution is 2.58. The SMILES string of the molecule is COC(=O)C1=C(C(=O)OC)C2(C(=O)N(Cc3ccccc3)c3ccccc32)N(c2ccc(C)cc2)C2=C1C(=O)CC(C)(C)C2. The maximum absolute atomic E-state index is 15.4. The summed E-state index contributed by atoms with van der Waals surface area (Å²) in [6, 6.07) is 24.4. The lowest BCUT2D eigenvalue weighted by Gasteiger charge is -2.50. The number of nitrogens with zero attached hydrogens (tertiary/aromatic N) is 2. The van der Waals surface area contributed by atoms with E-state index in [1.165, 1.54) is 14.2 Å². The number of allylic oxidation sites excluding steroid dienone is 1. The van der Waals surface area contributed by atoms with E-state index in [1.54, 1.807) is 17.0 Å². The second-order valence-electron chi connectivity index (χ2n) is 12.3. The van der Waals surface area contributed by atoms with Crippen LogP contribution in [0, 0.1) is 12.3 Å². The fraction of sp³-hybridized carbons (Fsp3) is 0.278. The number of esters is 2. The average molecular weight is 591 g/mol. The van der Waals surface area contributed by atoms with Crippen molar-refractivity contribution in [3.63, 3.8) is 0 Å². The number of para-hydroxylation sites is 1. The van der Waals surface area contributed by atoms with Gasteiger partial charge in [-0.25, -0.2) is 9.59 Å². The fourth-order valence-corrected chi connectivity index (χ4v) is 6.90. The van der Waals surface area contributed by atoms with Crippen LogP contribution in [0.25, 0.3) is 0 Å². The number of ketones is 1. The number of carbonyl (C=O) groups excluding carboxylic acids is 4. The highest BCUT2D eigenvalue weighted by atomic mass is 16.5. The Labute approximate surface area is 256 Å². The average Bonchev–Trinajstić information content (AvgIpc) is 3.24. The zero-order chi connectivity index (χ0) is 31.4. The van der Waals surface area contributed by atoms with Gasteiger partial charge in [-0.15, -0.1) is 0 Å². The summed E-state index contributed by atoms with van der Waals surface area (Å²) in [7, 11) is 2.41. The molecule has 0 saturated carbocycles. The van der Waals surface area contributed by atoms with Crippen LogP contribution in [0.3, 0.4) is 0 Å². The Morgan fingerprint density at radius 3 is 2.11 bits per heavy atom. The number of amides is 1. The summed E-state index contributed by atoms with van der Waals surface area (Å²) < 4.78 is 10.6. The molecule has 1 spiro atoms. The van der Waals surface area contributed by atoms with Gasteiger partial charge in [0.05, 0.1) is 43.2 Å². The number of aryl methyl sites for hydroxylation is 1. The van der Waals surface area contributed by atoms with E-state index in [-0.39, 0.29) is 35.5 Å². The molecule has 1 atom stereocenters. The molecular formula is C36H34N2O6. The molecular weight excluding hydrogens is 556 g/mol. The lowest BCUT2D eigenvalue weighted by atomic mass is 9.66. The Bertz CT molecular complexity index is 1770. The first-order valence-electron chi connectivity index (χ1n) is 14.6. The third kappa shape index (κ3) is 4.27. The van der Waals surface area contributed by atoms with E-state index < -0.39 is 28.8 Å². The van der Waals surface area contributed by atoms with Crippen LogP contribution in [0.2, 0.25) is 0 Å². The number of rotatable bonds is 5. The van der Waals surface area contributed by atoms with Gasteiger partial charge in [0.1, 0.15) is 0 Å². The van der Waals surface area contributed by atoms with Crippen molar-refractivity contribution in [3.05, 3.63) is 118 Å². The number of carbonyl (C=O) groups is 4. The number of Topliss-reactive ketones (excluding diaryl/α,β-unsaturated/α-hetero) is 1. The Balaban J connectivity index is 1.77. The first kappa shape index (κ1) is 29.1. The molecule has 1 amide bonds. The quantitative estimate of drug-likeness (QED) is 0.360. The van der Waals surface area contributed by atoms with Crippen LogP contribution < -0.4 is 9.80 Å². The molecule has 224 valence electrons. The normalized spacial score (nSPS) is 20.6. The van der Waals surface area contributed by atoms with Gasteiger partial charge in [-0.1, -0.05) is 80.1 Å². The molecule has 1 unspecified atom stereocenters. The molecule has 0 aromatic heterocycles. The second kappa shape index (κ2) is 10.6. The molecule has 3 aromatic rings. The van der Waals surface area contributed by atoms with Crippen LogP contribution >= 0.6 is 0 Å². The largest absolute Gasteiger partial charge is 0.466 e. The minimum atomic E-state index is -1.87. The van der Waals surface area contributed by atoms with E-state index in [2.05, 4.69) is 0 Å². The number of ether oxygens (including phenoxy) is 2. The van der Waals surface area contributed by atoms with E-state index >= 15 is 4.79 Å². The van der Waals surface area contributed by atoms with Crippen LogP contribution in [0.5, 0.6) is 0 Å². The highest BCUT2D eigenvalue weighted by molar-refractivity contribution is 6.24. The minimum absolute atomic E-state index is 0.0922. The van der Waals surface area contributed by atoms with Gasteiger partial charge in [-0.2, -0.15) is 0 Å². The first-order chi connectivity index (χ1) is 21.0. The van der Waals surface area contributed by atoms with Crippen LogP contribution in [0.15, 0.2) is 101 Å². The second-order valence-corrected chi connectivity index (χ2v) is 12.3. The third-order valence-electron chi connectivity index (χ3n) is 8.71. The number of hydrogen-bond donors (Lipinski definition) is 0. The number of anilines is 2. The van der Waals surface area contributed by atoms with Gasteiger partial charge in [-0.05, 0) is 42.5 Å². The smallest absolute Gasteiger partial charge is 0.339 e. The predicted molar refractivity (Wildman–Crippen MR) is 166 cm³/mol. The summed E-state index contributed by atoms with van der Waals surface area (Å²) in [5.41, 5.74) is 1.35. The van der Waals surface area contributed by atoms with E-state index in [0.29, 0.717) is 29.1 Å². The Morgan fingerprint density at radius 1 is 0.818 bits per heavy atom. The molecule has 0 radical (unpaired) electrons. The molecule has 2 heterocycles. The lowest BCUT2D eigenvalue weighted by Crippen LogP contribution is -2.60. The molecule has 1 aliphatic carbocycles. The molecule has 3 aromatic carbocycles. The number of hydrogen-bond acceptors (Lipinski definition) is 7. The topological polar surface area (TPSA) is 93.2 Å². The van der Waals surface area contributed by atoms with Crippen molar-refractivity contribution in [2.24, 2.45) is 5.41 Å². The van der Waals surface area contributed by atoms with E-state index in [9.17, 15) is 14.4 Å². The molecule has 44 heavy (non-hydrogen) atoms. The monoisotopic (exact) mass is 590 g/mol. The van der Waals surface area contributed by atoms with E-state index in [1.807, 2.05) is 92.4 Å². The maximum atomic E-state index is 15.4. The van der Waals surface area contributed by atoms with Gasteiger partial charge in [0.25, 0.3) is 5.91 Å². The maximum Gasteiger partial charge on any atom is 0.339 e. The summed E-state index contributed by atoms with van der Waals surface area (Å²) >= 11 is 0.